The molecule has 0 heterocycles. The first-order chi connectivity index (χ1) is 10.9. The number of esters is 1. The summed E-state index contributed by atoms with van der Waals surface area (Å²) in [5.41, 5.74) is 0. The first kappa shape index (κ1) is 23.6. The van der Waals surface area contributed by atoms with Crippen LogP contribution in [0.2, 0.25) is 6.04 Å². The van der Waals surface area contributed by atoms with Crippen LogP contribution in [0.4, 0.5) is 0 Å². The van der Waals surface area contributed by atoms with Crippen LogP contribution in [0.15, 0.2) is 0 Å². The number of rotatable bonds is 16. The van der Waals surface area contributed by atoms with Crippen molar-refractivity contribution in [2.45, 2.75) is 96.4 Å². The maximum atomic E-state index is 10.6. The third kappa shape index (κ3) is 22.6. The summed E-state index contributed by atoms with van der Waals surface area (Å²) in [5, 5.41) is 0. The zero-order valence-electron chi connectivity index (χ0n) is 14.6. The molecule has 0 aromatic heterocycles. The molecule has 0 atom stereocenters. The standard InChI is InChI=1S/C17H33Cl3O2Si/c1-17(21)22-15-13-11-9-7-5-3-2-4-6-8-10-12-14-16-23(18,19)20/h2-16H2,1H3. The van der Waals surface area contributed by atoms with Crippen molar-refractivity contribution in [1.82, 2.24) is 0 Å². The van der Waals surface area contributed by atoms with Gasteiger partial charge in [-0.1, -0.05) is 77.0 Å². The molecule has 0 aromatic rings. The van der Waals surface area contributed by atoms with E-state index in [0.29, 0.717) is 6.61 Å². The summed E-state index contributed by atoms with van der Waals surface area (Å²) in [5.74, 6) is -0.169. The lowest BCUT2D eigenvalue weighted by atomic mass is 10.0. The normalized spacial score (nSPS) is 11.7. The molecular formula is C17H33Cl3O2Si. The van der Waals surface area contributed by atoms with Gasteiger partial charge in [-0.15, -0.1) is 33.2 Å². The Kier molecular flexibility index (Phi) is 16.4. The molecule has 0 aliphatic heterocycles. The van der Waals surface area contributed by atoms with Gasteiger partial charge in [0.05, 0.1) is 6.61 Å². The number of hydrogen-bond acceptors (Lipinski definition) is 2. The zero-order valence-corrected chi connectivity index (χ0v) is 17.8. The number of unbranched alkanes of at least 4 members (excludes halogenated alkanes) is 12. The van der Waals surface area contributed by atoms with Gasteiger partial charge in [0.15, 0.2) is 0 Å². The number of carbonyl (C=O) groups excluding carboxylic acids is 1. The van der Waals surface area contributed by atoms with E-state index in [9.17, 15) is 4.79 Å². The fraction of sp³-hybridized carbons (Fsp3) is 0.941. The Balaban J connectivity index is 3.04. The first-order valence-corrected chi connectivity index (χ1v) is 14.4. The SMILES string of the molecule is CC(=O)OCCCCCCCCCCCCCCC[Si](Cl)(Cl)Cl. The Hall–Kier alpha value is 0.557. The van der Waals surface area contributed by atoms with Crippen molar-refractivity contribution >= 4 is 45.2 Å². The van der Waals surface area contributed by atoms with E-state index in [-0.39, 0.29) is 5.97 Å². The third-order valence-corrected chi connectivity index (χ3v) is 6.53. The lowest BCUT2D eigenvalue weighted by Gasteiger charge is -2.07. The van der Waals surface area contributed by atoms with Gasteiger partial charge in [-0.2, -0.15) is 0 Å². The molecule has 0 aliphatic rings. The lowest BCUT2D eigenvalue weighted by molar-refractivity contribution is -0.141. The minimum absolute atomic E-state index is 0.169. The van der Waals surface area contributed by atoms with Crippen LogP contribution in [0.1, 0.15) is 90.4 Å². The van der Waals surface area contributed by atoms with Crippen LogP contribution in [0, 0.1) is 0 Å². The van der Waals surface area contributed by atoms with E-state index in [1.54, 1.807) is 0 Å². The van der Waals surface area contributed by atoms with E-state index < -0.39 is 6.00 Å². The van der Waals surface area contributed by atoms with Crippen molar-refractivity contribution in [3.05, 3.63) is 0 Å². The van der Waals surface area contributed by atoms with Crippen LogP contribution in [0.5, 0.6) is 0 Å². The van der Waals surface area contributed by atoms with Gasteiger partial charge in [0.2, 0.25) is 0 Å². The summed E-state index contributed by atoms with van der Waals surface area (Å²) in [6.45, 7) is 2.05. The van der Waals surface area contributed by atoms with Crippen LogP contribution in [-0.2, 0) is 9.53 Å². The van der Waals surface area contributed by atoms with Gasteiger partial charge in [-0.3, -0.25) is 4.79 Å². The summed E-state index contributed by atoms with van der Waals surface area (Å²) < 4.78 is 4.91. The highest BCUT2D eigenvalue weighted by molar-refractivity contribution is 7.64. The number of carbonyl (C=O) groups is 1. The molecule has 0 rings (SSSR count). The van der Waals surface area contributed by atoms with E-state index >= 15 is 0 Å². The summed E-state index contributed by atoms with van der Waals surface area (Å²) in [7, 11) is 0. The molecular weight excluding hydrogens is 371 g/mol. The second-order valence-corrected chi connectivity index (χ2v) is 15.6. The molecule has 0 unspecified atom stereocenters. The Morgan fingerprint density at radius 1 is 0.696 bits per heavy atom. The summed E-state index contributed by atoms with van der Waals surface area (Å²) in [6.07, 6.45) is 16.3. The second-order valence-electron chi connectivity index (χ2n) is 6.30. The maximum absolute atomic E-state index is 10.6. The van der Waals surface area contributed by atoms with E-state index in [4.69, 9.17) is 38.0 Å². The molecule has 138 valence electrons. The molecule has 0 aliphatic carbocycles. The predicted molar refractivity (Wildman–Crippen MR) is 105 cm³/mol. The van der Waals surface area contributed by atoms with Gasteiger partial charge < -0.3 is 4.74 Å². The number of ether oxygens (including phenoxy) is 1. The van der Waals surface area contributed by atoms with Crippen molar-refractivity contribution < 1.29 is 9.53 Å². The van der Waals surface area contributed by atoms with Crippen molar-refractivity contribution in [1.29, 1.82) is 0 Å². The minimum Gasteiger partial charge on any atom is -0.466 e. The predicted octanol–water partition coefficient (Wildman–Crippen LogP) is 7.28. The Labute approximate surface area is 157 Å². The van der Waals surface area contributed by atoms with Crippen molar-refractivity contribution in [3.63, 3.8) is 0 Å². The molecule has 0 saturated heterocycles. The quantitative estimate of drug-likeness (QED) is 0.117. The highest BCUT2D eigenvalue weighted by atomic mass is 35.8. The van der Waals surface area contributed by atoms with Gasteiger partial charge >= 0.3 is 12.0 Å². The summed E-state index contributed by atoms with van der Waals surface area (Å²) in [6, 6.07) is -1.57. The van der Waals surface area contributed by atoms with Gasteiger partial charge in [-0.25, -0.2) is 0 Å². The average molecular weight is 404 g/mol. The molecule has 6 heteroatoms. The monoisotopic (exact) mass is 402 g/mol. The fourth-order valence-corrected chi connectivity index (χ4v) is 4.44. The van der Waals surface area contributed by atoms with Crippen LogP contribution >= 0.6 is 33.2 Å². The van der Waals surface area contributed by atoms with Crippen molar-refractivity contribution in [3.8, 4) is 0 Å². The molecule has 0 spiro atoms. The molecule has 0 N–H and O–H groups in total. The molecule has 0 fully saturated rings. The fourth-order valence-electron chi connectivity index (χ4n) is 2.59. The highest BCUT2D eigenvalue weighted by Gasteiger charge is 2.23. The molecule has 0 radical (unpaired) electrons. The molecule has 23 heavy (non-hydrogen) atoms. The number of halogens is 3. The van der Waals surface area contributed by atoms with Crippen molar-refractivity contribution in [2.24, 2.45) is 0 Å². The Morgan fingerprint density at radius 3 is 1.39 bits per heavy atom. The summed E-state index contributed by atoms with van der Waals surface area (Å²) >= 11 is 17.6. The molecule has 0 amide bonds. The third-order valence-electron chi connectivity index (χ3n) is 3.91. The molecule has 0 aromatic carbocycles. The maximum Gasteiger partial charge on any atom is 0.341 e. The van der Waals surface area contributed by atoms with Gasteiger partial charge in [0.25, 0.3) is 0 Å². The van der Waals surface area contributed by atoms with Crippen molar-refractivity contribution in [2.75, 3.05) is 6.61 Å². The van der Waals surface area contributed by atoms with Crippen LogP contribution in [0.25, 0.3) is 0 Å². The molecule has 2 nitrogen and oxygen atoms in total. The van der Waals surface area contributed by atoms with Gasteiger partial charge in [-0.05, 0) is 12.5 Å². The minimum atomic E-state index is -2.37. The lowest BCUT2D eigenvalue weighted by Crippen LogP contribution is -2.07. The second kappa shape index (κ2) is 16.0. The topological polar surface area (TPSA) is 26.3 Å². The van der Waals surface area contributed by atoms with Crippen LogP contribution < -0.4 is 0 Å². The summed E-state index contributed by atoms with van der Waals surface area (Å²) in [4.78, 5) is 10.6. The largest absolute Gasteiger partial charge is 0.466 e. The van der Waals surface area contributed by atoms with Gasteiger partial charge in [0.1, 0.15) is 0 Å². The molecule has 0 bridgehead atoms. The van der Waals surface area contributed by atoms with Gasteiger partial charge in [0, 0.05) is 6.92 Å². The Morgan fingerprint density at radius 2 is 1.04 bits per heavy atom. The number of hydrogen-bond donors (Lipinski definition) is 0. The van der Waals surface area contributed by atoms with E-state index in [1.807, 2.05) is 0 Å². The Bertz CT molecular complexity index is 284. The molecule has 0 saturated carbocycles. The van der Waals surface area contributed by atoms with E-state index in [1.165, 1.54) is 77.6 Å². The van der Waals surface area contributed by atoms with E-state index in [2.05, 4.69) is 0 Å². The van der Waals surface area contributed by atoms with Crippen LogP contribution in [0.3, 0.4) is 0 Å². The zero-order chi connectivity index (χ0) is 17.4. The highest BCUT2D eigenvalue weighted by Crippen LogP contribution is 2.27. The van der Waals surface area contributed by atoms with E-state index in [0.717, 1.165) is 18.9 Å². The first-order valence-electron chi connectivity index (χ1n) is 9.12. The van der Waals surface area contributed by atoms with Crippen LogP contribution in [-0.4, -0.2) is 18.6 Å². The average Bonchev–Trinajstić information content (AvgIpc) is 2.45. The smallest absolute Gasteiger partial charge is 0.341 e.